The van der Waals surface area contributed by atoms with Gasteiger partial charge in [0.25, 0.3) is 0 Å². The number of rotatable bonds is 7. The third kappa shape index (κ3) is 6.01. The summed E-state index contributed by atoms with van der Waals surface area (Å²) in [5.74, 6) is 0. The van der Waals surface area contributed by atoms with E-state index in [0.717, 1.165) is 54.8 Å². The highest BCUT2D eigenvalue weighted by atomic mass is 32.1. The third-order valence-electron chi connectivity index (χ3n) is 5.84. The maximum Gasteiger partial charge on any atom is 0.0709 e. The highest BCUT2D eigenvalue weighted by molar-refractivity contribution is 7.80. The first kappa shape index (κ1) is 25.6. The van der Waals surface area contributed by atoms with Gasteiger partial charge >= 0.3 is 0 Å². The quantitative estimate of drug-likeness (QED) is 0.198. The van der Waals surface area contributed by atoms with Gasteiger partial charge in [0.15, 0.2) is 0 Å². The second kappa shape index (κ2) is 11.5. The lowest BCUT2D eigenvalue weighted by atomic mass is 10.0. The van der Waals surface area contributed by atoms with Gasteiger partial charge in [0.05, 0.1) is 11.4 Å². The maximum absolute atomic E-state index is 4.83. The van der Waals surface area contributed by atoms with Gasteiger partial charge in [-0.2, -0.15) is 0 Å². The minimum atomic E-state index is 0.870. The molecule has 182 valence electrons. The van der Waals surface area contributed by atoms with Crippen molar-refractivity contribution in [3.05, 3.63) is 96.1 Å². The number of anilines is 2. The predicted octanol–water partition coefficient (Wildman–Crippen LogP) is 7.56. The summed E-state index contributed by atoms with van der Waals surface area (Å²) in [7, 11) is 8.06. The normalized spacial score (nSPS) is 11.4. The molecule has 0 saturated carbocycles. The van der Waals surface area contributed by atoms with Gasteiger partial charge in [0.2, 0.25) is 0 Å². The van der Waals surface area contributed by atoms with Gasteiger partial charge in [-0.3, -0.25) is 9.98 Å². The SMILES string of the molecule is CN(C)c1ccc(C=Nc2ccccc2-c2ccccc2N=Cc2ccc(N(C)C)cc2S)c(S)c1. The number of aliphatic imine (C=N–C) groups is 2. The Bertz CT molecular complexity index is 1320. The molecule has 4 aromatic carbocycles. The van der Waals surface area contributed by atoms with E-state index in [2.05, 4.69) is 59.3 Å². The van der Waals surface area contributed by atoms with Gasteiger partial charge in [-0.15, -0.1) is 25.3 Å². The molecule has 0 saturated heterocycles. The second-order valence-corrected chi connectivity index (χ2v) is 9.79. The average molecular weight is 511 g/mol. The lowest BCUT2D eigenvalue weighted by molar-refractivity contribution is 1.12. The number of nitrogens with zero attached hydrogens (tertiary/aromatic N) is 4. The van der Waals surface area contributed by atoms with Crippen molar-refractivity contribution in [2.24, 2.45) is 9.98 Å². The first-order chi connectivity index (χ1) is 17.3. The molecule has 0 unspecified atom stereocenters. The number of hydrogen-bond acceptors (Lipinski definition) is 6. The van der Waals surface area contributed by atoms with E-state index in [-0.39, 0.29) is 0 Å². The smallest absolute Gasteiger partial charge is 0.0709 e. The largest absolute Gasteiger partial charge is 0.378 e. The van der Waals surface area contributed by atoms with Gasteiger partial charge < -0.3 is 9.80 Å². The van der Waals surface area contributed by atoms with Gasteiger partial charge in [-0.25, -0.2) is 0 Å². The fourth-order valence-electron chi connectivity index (χ4n) is 3.74. The fourth-order valence-corrected chi connectivity index (χ4v) is 4.27. The Balaban J connectivity index is 1.67. The first-order valence-electron chi connectivity index (χ1n) is 11.6. The Labute approximate surface area is 224 Å². The van der Waals surface area contributed by atoms with Crippen LogP contribution in [0.15, 0.2) is 105 Å². The van der Waals surface area contributed by atoms with E-state index in [1.165, 1.54) is 0 Å². The highest BCUT2D eigenvalue weighted by Gasteiger charge is 2.09. The highest BCUT2D eigenvalue weighted by Crippen LogP contribution is 2.36. The number of thiol groups is 2. The van der Waals surface area contributed by atoms with Crippen molar-refractivity contribution < 1.29 is 0 Å². The average Bonchev–Trinajstić information content (AvgIpc) is 2.87. The van der Waals surface area contributed by atoms with Gasteiger partial charge in [0.1, 0.15) is 0 Å². The molecule has 6 heteroatoms. The summed E-state index contributed by atoms with van der Waals surface area (Å²) in [5.41, 5.74) is 7.90. The van der Waals surface area contributed by atoms with Gasteiger partial charge in [-0.1, -0.05) is 48.5 Å². The lowest BCUT2D eigenvalue weighted by Gasteiger charge is -2.14. The molecular weight excluding hydrogens is 480 g/mol. The van der Waals surface area contributed by atoms with Crippen LogP contribution in [0.3, 0.4) is 0 Å². The lowest BCUT2D eigenvalue weighted by Crippen LogP contribution is -2.08. The van der Waals surface area contributed by atoms with E-state index >= 15 is 0 Å². The molecule has 0 aliphatic rings. The van der Waals surface area contributed by atoms with Crippen LogP contribution in [0.5, 0.6) is 0 Å². The van der Waals surface area contributed by atoms with E-state index in [1.807, 2.05) is 101 Å². The van der Waals surface area contributed by atoms with E-state index in [1.54, 1.807) is 0 Å². The summed E-state index contributed by atoms with van der Waals surface area (Å²) in [6.45, 7) is 0. The van der Waals surface area contributed by atoms with Gasteiger partial charge in [0, 0.05) is 84.0 Å². The van der Waals surface area contributed by atoms with Crippen LogP contribution in [0, 0.1) is 0 Å². The summed E-state index contributed by atoms with van der Waals surface area (Å²) in [6, 6.07) is 28.5. The summed E-state index contributed by atoms with van der Waals surface area (Å²) in [6.07, 6.45) is 3.73. The van der Waals surface area contributed by atoms with E-state index in [4.69, 9.17) is 9.98 Å². The van der Waals surface area contributed by atoms with Crippen molar-refractivity contribution in [3.8, 4) is 11.1 Å². The van der Waals surface area contributed by atoms with Crippen molar-refractivity contribution in [2.75, 3.05) is 38.0 Å². The molecule has 0 aliphatic heterocycles. The molecule has 0 fully saturated rings. The van der Waals surface area contributed by atoms with Crippen LogP contribution in [0.2, 0.25) is 0 Å². The molecule has 0 radical (unpaired) electrons. The maximum atomic E-state index is 4.83. The van der Waals surface area contributed by atoms with Crippen LogP contribution in [0.25, 0.3) is 11.1 Å². The van der Waals surface area contributed by atoms with Crippen LogP contribution in [0.4, 0.5) is 22.7 Å². The number of para-hydroxylation sites is 2. The van der Waals surface area contributed by atoms with E-state index < -0.39 is 0 Å². The first-order valence-corrected chi connectivity index (χ1v) is 12.5. The van der Waals surface area contributed by atoms with Crippen LogP contribution in [-0.4, -0.2) is 40.6 Å². The molecule has 4 nitrogen and oxygen atoms in total. The molecule has 0 N–H and O–H groups in total. The minimum absolute atomic E-state index is 0.870. The molecule has 0 spiro atoms. The fraction of sp³-hybridized carbons (Fsp3) is 0.133. The Kier molecular flexibility index (Phi) is 8.18. The summed E-state index contributed by atoms with van der Waals surface area (Å²) < 4.78 is 0. The van der Waals surface area contributed by atoms with Crippen molar-refractivity contribution >= 4 is 60.4 Å². The molecule has 0 atom stereocenters. The Hall–Kier alpha value is -3.48. The predicted molar refractivity (Wildman–Crippen MR) is 162 cm³/mol. The van der Waals surface area contributed by atoms with Crippen LogP contribution >= 0.6 is 25.3 Å². The summed E-state index contributed by atoms with van der Waals surface area (Å²) in [4.78, 5) is 15.5. The van der Waals surface area contributed by atoms with Crippen molar-refractivity contribution in [3.63, 3.8) is 0 Å². The molecule has 0 aliphatic carbocycles. The zero-order valence-corrected chi connectivity index (χ0v) is 22.7. The van der Waals surface area contributed by atoms with Crippen molar-refractivity contribution in [2.45, 2.75) is 9.79 Å². The monoisotopic (exact) mass is 510 g/mol. The van der Waals surface area contributed by atoms with Crippen LogP contribution in [-0.2, 0) is 0 Å². The third-order valence-corrected chi connectivity index (χ3v) is 6.62. The Morgan fingerprint density at radius 3 is 1.31 bits per heavy atom. The van der Waals surface area contributed by atoms with Crippen molar-refractivity contribution in [1.82, 2.24) is 0 Å². The molecule has 4 aromatic rings. The Morgan fingerprint density at radius 2 is 0.944 bits per heavy atom. The zero-order chi connectivity index (χ0) is 25.7. The molecule has 0 heterocycles. The number of hydrogen-bond donors (Lipinski definition) is 2. The molecule has 0 amide bonds. The minimum Gasteiger partial charge on any atom is -0.378 e. The topological polar surface area (TPSA) is 31.2 Å². The molecule has 0 aromatic heterocycles. The van der Waals surface area contributed by atoms with Crippen LogP contribution in [0.1, 0.15) is 11.1 Å². The second-order valence-electron chi connectivity index (χ2n) is 8.83. The van der Waals surface area contributed by atoms with Crippen LogP contribution < -0.4 is 9.80 Å². The summed E-state index contributed by atoms with van der Waals surface area (Å²) >= 11 is 9.33. The van der Waals surface area contributed by atoms with E-state index in [9.17, 15) is 0 Å². The van der Waals surface area contributed by atoms with Crippen molar-refractivity contribution in [1.29, 1.82) is 0 Å². The van der Waals surface area contributed by atoms with Gasteiger partial charge in [-0.05, 0) is 36.4 Å². The Morgan fingerprint density at radius 1 is 0.556 bits per heavy atom. The molecular formula is C30H30N4S2. The number of benzene rings is 4. The molecule has 36 heavy (non-hydrogen) atoms. The van der Waals surface area contributed by atoms with E-state index in [0.29, 0.717) is 0 Å². The molecule has 4 rings (SSSR count). The standard InChI is InChI=1S/C30H30N4S2/c1-33(2)23-15-13-21(29(35)17-23)19-31-27-11-7-5-9-25(27)26-10-6-8-12-28(26)32-20-22-14-16-24(34(3)4)18-30(22)36/h5-20,35-36H,1-4H3. The summed E-state index contributed by atoms with van der Waals surface area (Å²) in [5, 5.41) is 0. The zero-order valence-electron chi connectivity index (χ0n) is 20.9. The molecule has 0 bridgehead atoms.